The molecule has 0 aromatic carbocycles. The highest BCUT2D eigenvalue weighted by Crippen LogP contribution is 2.46. The van der Waals surface area contributed by atoms with Crippen LogP contribution in [0.1, 0.15) is 0 Å². The van der Waals surface area contributed by atoms with Gasteiger partial charge in [-0.3, -0.25) is 9.05 Å². The van der Waals surface area contributed by atoms with Crippen molar-refractivity contribution in [1.29, 1.82) is 0 Å². The smallest absolute Gasteiger partial charge is 0.295 e. The average molecular weight is 250 g/mol. The van der Waals surface area contributed by atoms with Gasteiger partial charge in [0.25, 0.3) is 0 Å². The lowest BCUT2D eigenvalue weighted by atomic mass is 10.2. The third-order valence-corrected chi connectivity index (χ3v) is 2.00. The van der Waals surface area contributed by atoms with Gasteiger partial charge in [-0.15, -0.1) is 13.2 Å². The zero-order valence-corrected chi connectivity index (χ0v) is 8.74. The molecule has 2 nitrogen and oxygen atoms in total. The van der Waals surface area contributed by atoms with Gasteiger partial charge in [0.05, 0.1) is 0 Å². The van der Waals surface area contributed by atoms with Crippen molar-refractivity contribution in [2.24, 2.45) is 0 Å². The Morgan fingerprint density at radius 3 is 1.29 bits per heavy atom. The summed E-state index contributed by atoms with van der Waals surface area (Å²) in [6.07, 6.45) is -0.658. The second-order valence-electron chi connectivity index (χ2n) is 2.02. The van der Waals surface area contributed by atoms with E-state index in [1.54, 1.807) is 0 Å². The van der Waals surface area contributed by atoms with Crippen LogP contribution in [0.2, 0.25) is 0 Å². The van der Waals surface area contributed by atoms with Crippen LogP contribution < -0.4 is 0 Å². The summed E-state index contributed by atoms with van der Waals surface area (Å²) in [5.74, 6) is 0. The Balaban J connectivity index is 4.28. The van der Waals surface area contributed by atoms with Gasteiger partial charge < -0.3 is 0 Å². The minimum absolute atomic E-state index is 0.972. The lowest BCUT2D eigenvalue weighted by Crippen LogP contribution is -2.24. The molecule has 0 fully saturated rings. The molecule has 0 aliphatic carbocycles. The lowest BCUT2D eigenvalue weighted by Gasteiger charge is -2.19. The Morgan fingerprint density at radius 1 is 0.857 bits per heavy atom. The molecule has 8 heteroatoms. The number of rotatable bonds is 7. The number of halogens is 4. The highest BCUT2D eigenvalue weighted by Gasteiger charge is 2.25. The zero-order chi connectivity index (χ0) is 11.1. The van der Waals surface area contributed by atoms with Crippen LogP contribution in [0.4, 0.5) is 16.8 Å². The minimum atomic E-state index is -3.65. The molecule has 0 radical (unpaired) electrons. The molecule has 0 rings (SSSR count). The Labute approximate surface area is 81.7 Å². The monoisotopic (exact) mass is 250 g/mol. The normalized spacial score (nSPS) is 15.6. The molecule has 0 aliphatic heterocycles. The van der Waals surface area contributed by atoms with E-state index in [1.165, 1.54) is 0 Å². The van der Waals surface area contributed by atoms with Crippen molar-refractivity contribution in [3.63, 3.8) is 0 Å². The summed E-state index contributed by atoms with van der Waals surface area (Å²) in [5, 5.41) is 0. The largest absolute Gasteiger partial charge is 0.415 e. The Hall–Kier alpha value is -0.0200. The van der Waals surface area contributed by atoms with Crippen molar-refractivity contribution < 1.29 is 25.8 Å². The van der Waals surface area contributed by atoms with Crippen LogP contribution in [0.5, 0.6) is 0 Å². The summed E-state index contributed by atoms with van der Waals surface area (Å²) in [6.45, 7) is 6.35. The molecule has 2 unspecified atom stereocenters. The average Bonchev–Trinajstić information content (AvgIpc) is 2.10. The molecule has 82 valence electrons. The maximum absolute atomic E-state index is 11.8. The molecule has 0 saturated heterocycles. The number of hydrogen-bond donors (Lipinski definition) is 0. The van der Waals surface area contributed by atoms with E-state index in [4.69, 9.17) is 0 Å². The number of hydrogen-bond acceptors (Lipinski definition) is 2. The second-order valence-corrected chi connectivity index (χ2v) is 3.24. The first-order chi connectivity index (χ1) is 6.51. The minimum Gasteiger partial charge on any atom is -0.295 e. The first-order valence-corrected chi connectivity index (χ1v) is 5.41. The first-order valence-electron chi connectivity index (χ1n) is 3.33. The molecule has 0 N–H and O–H groups in total. The van der Waals surface area contributed by atoms with E-state index in [1.807, 2.05) is 0 Å². The molecule has 0 amide bonds. The van der Waals surface area contributed by atoms with Crippen molar-refractivity contribution in [3.8, 4) is 0 Å². The summed E-state index contributed by atoms with van der Waals surface area (Å²) in [6, 6.07) is 0. The van der Waals surface area contributed by atoms with Crippen LogP contribution in [-0.4, -0.2) is 12.2 Å². The summed E-state index contributed by atoms with van der Waals surface area (Å²) in [7, 11) is -7.29. The summed E-state index contributed by atoms with van der Waals surface area (Å²) in [4.78, 5) is 0. The highest BCUT2D eigenvalue weighted by molar-refractivity contribution is 7.41. The molecular weight excluding hydrogens is 242 g/mol. The van der Waals surface area contributed by atoms with Crippen LogP contribution >= 0.6 is 17.5 Å². The molecule has 0 heterocycles. The van der Waals surface area contributed by atoms with Crippen molar-refractivity contribution >= 4 is 17.5 Å². The van der Waals surface area contributed by atoms with Gasteiger partial charge in [0.15, 0.2) is 0 Å². The molecular formula is C6H8F4O2P2. The maximum atomic E-state index is 11.8. The van der Waals surface area contributed by atoms with Gasteiger partial charge in [-0.05, 0) is 0 Å². The van der Waals surface area contributed by atoms with E-state index in [0.29, 0.717) is 0 Å². The van der Waals surface area contributed by atoms with E-state index < -0.39 is 29.7 Å². The van der Waals surface area contributed by atoms with Gasteiger partial charge in [0.1, 0.15) is 12.2 Å². The zero-order valence-electron chi connectivity index (χ0n) is 6.95. The van der Waals surface area contributed by atoms with E-state index in [0.717, 1.165) is 12.2 Å². The third kappa shape index (κ3) is 5.66. The molecule has 14 heavy (non-hydrogen) atoms. The van der Waals surface area contributed by atoms with Crippen molar-refractivity contribution in [3.05, 3.63) is 25.3 Å². The summed E-state index contributed by atoms with van der Waals surface area (Å²) < 4.78 is 55.4. The summed E-state index contributed by atoms with van der Waals surface area (Å²) >= 11 is 0. The van der Waals surface area contributed by atoms with Gasteiger partial charge >= 0.3 is 17.5 Å². The quantitative estimate of drug-likeness (QED) is 0.377. The second kappa shape index (κ2) is 7.30. The Morgan fingerprint density at radius 2 is 1.14 bits per heavy atom. The fourth-order valence-electron chi connectivity index (χ4n) is 0.658. The van der Waals surface area contributed by atoms with E-state index >= 15 is 0 Å². The molecule has 2 atom stereocenters. The Kier molecular flexibility index (Phi) is 7.28. The van der Waals surface area contributed by atoms with Gasteiger partial charge in [-0.1, -0.05) is 12.2 Å². The van der Waals surface area contributed by atoms with E-state index in [9.17, 15) is 16.8 Å². The Bertz CT molecular complexity index is 171. The lowest BCUT2D eigenvalue weighted by molar-refractivity contribution is 0.114. The molecule has 0 saturated carbocycles. The van der Waals surface area contributed by atoms with Crippen LogP contribution in [0.25, 0.3) is 0 Å². The van der Waals surface area contributed by atoms with Crippen molar-refractivity contribution in [2.75, 3.05) is 0 Å². The first kappa shape index (κ1) is 14.0. The predicted molar refractivity (Wildman–Crippen MR) is 48.4 cm³/mol. The van der Waals surface area contributed by atoms with Crippen LogP contribution in [0, 0.1) is 0 Å². The third-order valence-electron chi connectivity index (χ3n) is 1.19. The fraction of sp³-hybridized carbons (Fsp3) is 0.333. The molecule has 0 aromatic rings. The van der Waals surface area contributed by atoms with Gasteiger partial charge in [0, 0.05) is 0 Å². The van der Waals surface area contributed by atoms with Crippen LogP contribution in [0.15, 0.2) is 25.3 Å². The van der Waals surface area contributed by atoms with Gasteiger partial charge in [0.2, 0.25) is 0 Å². The molecule has 0 bridgehead atoms. The van der Waals surface area contributed by atoms with Gasteiger partial charge in [-0.2, -0.15) is 16.8 Å². The highest BCUT2D eigenvalue weighted by atomic mass is 31.2. The van der Waals surface area contributed by atoms with Crippen LogP contribution in [-0.2, 0) is 9.05 Å². The van der Waals surface area contributed by atoms with Crippen LogP contribution in [0.3, 0.4) is 0 Å². The summed E-state index contributed by atoms with van der Waals surface area (Å²) in [5.41, 5.74) is 0. The van der Waals surface area contributed by atoms with E-state index in [2.05, 4.69) is 22.2 Å². The fourth-order valence-corrected chi connectivity index (χ4v) is 1.44. The van der Waals surface area contributed by atoms with Crippen molar-refractivity contribution in [1.82, 2.24) is 0 Å². The molecule has 0 aliphatic rings. The molecule has 0 spiro atoms. The molecule has 0 aromatic heterocycles. The van der Waals surface area contributed by atoms with Gasteiger partial charge in [-0.25, -0.2) is 0 Å². The van der Waals surface area contributed by atoms with Crippen molar-refractivity contribution in [2.45, 2.75) is 12.2 Å². The topological polar surface area (TPSA) is 18.5 Å². The van der Waals surface area contributed by atoms with E-state index in [-0.39, 0.29) is 0 Å². The maximum Gasteiger partial charge on any atom is 0.415 e. The predicted octanol–water partition coefficient (Wildman–Crippen LogP) is 4.46. The standard InChI is InChI=1S/C6H8F4O2P2/c1-3-5(11-13(7)8)6(4-2)12-14(9)10/h3-6H,1-2H2. The SMILES string of the molecule is C=CC(OP(F)F)C(C=C)OP(F)F.